The van der Waals surface area contributed by atoms with Gasteiger partial charge in [-0.25, -0.2) is 13.2 Å². The first-order valence-corrected chi connectivity index (χ1v) is 9.00. The maximum absolute atomic E-state index is 11.8. The summed E-state index contributed by atoms with van der Waals surface area (Å²) in [5.74, 6) is 0. The maximum Gasteiger partial charge on any atom is 0.235 e. The van der Waals surface area contributed by atoms with Crippen LogP contribution in [0.2, 0.25) is 5.02 Å². The highest BCUT2D eigenvalue weighted by Crippen LogP contribution is 2.51. The lowest BCUT2D eigenvalue weighted by molar-refractivity contribution is 0.556. The molecule has 7 heteroatoms. The molecule has 0 radical (unpaired) electrons. The van der Waals surface area contributed by atoms with Crippen molar-refractivity contribution in [2.24, 2.45) is 4.99 Å². The van der Waals surface area contributed by atoms with E-state index in [0.717, 1.165) is 6.26 Å². The van der Waals surface area contributed by atoms with Crippen LogP contribution in [0.1, 0.15) is 18.4 Å². The first kappa shape index (κ1) is 14.6. The minimum atomic E-state index is -3.38. The molecule has 1 aromatic carbocycles. The lowest BCUT2D eigenvalue weighted by Crippen LogP contribution is -2.07. The predicted octanol–water partition coefficient (Wildman–Crippen LogP) is 2.79. The fraction of sp³-hybridized carbons (Fsp3) is 0.417. The van der Waals surface area contributed by atoms with E-state index in [1.807, 2.05) is 0 Å². The first-order valence-electron chi connectivity index (χ1n) is 5.51. The molecule has 0 saturated heterocycles. The van der Waals surface area contributed by atoms with E-state index in [4.69, 9.17) is 11.6 Å². The SMILES string of the molecule is CSc1c(Cl)cc(C2(N=C=O)CC2)cc1S(C)(=O)=O. The van der Waals surface area contributed by atoms with E-state index >= 15 is 0 Å². The van der Waals surface area contributed by atoms with E-state index in [0.29, 0.717) is 28.3 Å². The number of hydrogen-bond acceptors (Lipinski definition) is 5. The lowest BCUT2D eigenvalue weighted by atomic mass is 10.1. The molecule has 0 aromatic heterocycles. The topological polar surface area (TPSA) is 63.6 Å². The van der Waals surface area contributed by atoms with Gasteiger partial charge >= 0.3 is 0 Å². The van der Waals surface area contributed by atoms with E-state index < -0.39 is 15.4 Å². The van der Waals surface area contributed by atoms with Gasteiger partial charge in [0, 0.05) is 11.2 Å². The number of hydrogen-bond donors (Lipinski definition) is 0. The lowest BCUT2D eigenvalue weighted by Gasteiger charge is -2.14. The normalized spacial score (nSPS) is 16.8. The molecule has 4 nitrogen and oxygen atoms in total. The minimum absolute atomic E-state index is 0.190. The van der Waals surface area contributed by atoms with Gasteiger partial charge in [-0.1, -0.05) is 11.6 Å². The van der Waals surface area contributed by atoms with Crippen molar-refractivity contribution in [3.63, 3.8) is 0 Å². The fourth-order valence-electron chi connectivity index (χ4n) is 1.98. The summed E-state index contributed by atoms with van der Waals surface area (Å²) >= 11 is 7.43. The van der Waals surface area contributed by atoms with Gasteiger partial charge in [0.15, 0.2) is 9.84 Å². The van der Waals surface area contributed by atoms with Crippen molar-refractivity contribution in [3.8, 4) is 0 Å². The van der Waals surface area contributed by atoms with Crippen molar-refractivity contribution in [2.45, 2.75) is 28.2 Å². The van der Waals surface area contributed by atoms with Gasteiger partial charge < -0.3 is 0 Å². The molecule has 0 bridgehead atoms. The van der Waals surface area contributed by atoms with Crippen LogP contribution >= 0.6 is 23.4 Å². The maximum atomic E-state index is 11.8. The Morgan fingerprint density at radius 1 is 1.42 bits per heavy atom. The third kappa shape index (κ3) is 2.72. The Hall–Kier alpha value is -0.810. The van der Waals surface area contributed by atoms with Crippen LogP contribution in [0.5, 0.6) is 0 Å². The number of isocyanates is 1. The number of carbonyl (C=O) groups excluding carboxylic acids is 1. The van der Waals surface area contributed by atoms with Crippen LogP contribution in [0.25, 0.3) is 0 Å². The number of halogens is 1. The zero-order chi connectivity index (χ0) is 14.3. The summed E-state index contributed by atoms with van der Waals surface area (Å²) in [6, 6.07) is 3.26. The zero-order valence-electron chi connectivity index (χ0n) is 10.4. The van der Waals surface area contributed by atoms with Crippen molar-refractivity contribution in [1.29, 1.82) is 0 Å². The molecule has 1 aliphatic rings. The summed E-state index contributed by atoms with van der Waals surface area (Å²) in [5, 5.41) is 0.373. The number of benzene rings is 1. The summed E-state index contributed by atoms with van der Waals surface area (Å²) < 4.78 is 23.7. The molecule has 2 rings (SSSR count). The van der Waals surface area contributed by atoms with Crippen LogP contribution in [-0.2, 0) is 20.2 Å². The Kier molecular flexibility index (Phi) is 3.80. The predicted molar refractivity (Wildman–Crippen MR) is 75.4 cm³/mol. The van der Waals surface area contributed by atoms with E-state index in [1.165, 1.54) is 11.8 Å². The van der Waals surface area contributed by atoms with E-state index in [9.17, 15) is 13.2 Å². The average Bonchev–Trinajstić information content (AvgIpc) is 3.08. The molecule has 0 amide bonds. The second-order valence-corrected chi connectivity index (χ2v) is 7.70. The largest absolute Gasteiger partial charge is 0.235 e. The smallest absolute Gasteiger partial charge is 0.224 e. The van der Waals surface area contributed by atoms with Crippen molar-refractivity contribution in [2.75, 3.05) is 12.5 Å². The van der Waals surface area contributed by atoms with Crippen LogP contribution in [0, 0.1) is 0 Å². The molecule has 1 aromatic rings. The van der Waals surface area contributed by atoms with Gasteiger partial charge in [0.2, 0.25) is 6.08 Å². The van der Waals surface area contributed by atoms with Gasteiger partial charge in [-0.3, -0.25) is 0 Å². The van der Waals surface area contributed by atoms with Crippen LogP contribution in [0.3, 0.4) is 0 Å². The number of rotatable bonds is 4. The van der Waals surface area contributed by atoms with Crippen molar-refractivity contribution in [1.82, 2.24) is 0 Å². The average molecular weight is 318 g/mol. The van der Waals surface area contributed by atoms with Crippen LogP contribution in [0.15, 0.2) is 26.9 Å². The van der Waals surface area contributed by atoms with Crippen molar-refractivity contribution >= 4 is 39.3 Å². The highest BCUT2D eigenvalue weighted by atomic mass is 35.5. The second kappa shape index (κ2) is 4.94. The molecular weight excluding hydrogens is 306 g/mol. The summed E-state index contributed by atoms with van der Waals surface area (Å²) in [4.78, 5) is 15.0. The molecule has 102 valence electrons. The Morgan fingerprint density at radius 3 is 2.47 bits per heavy atom. The number of aliphatic imine (C=N–C) groups is 1. The molecule has 1 saturated carbocycles. The van der Waals surface area contributed by atoms with Gasteiger partial charge in [0.05, 0.1) is 15.5 Å². The first-order chi connectivity index (χ1) is 8.84. The van der Waals surface area contributed by atoms with Gasteiger partial charge in [-0.2, -0.15) is 4.99 Å². The molecule has 0 unspecified atom stereocenters. The fourth-order valence-corrected chi connectivity index (χ4v) is 4.49. The number of nitrogens with zero attached hydrogens (tertiary/aromatic N) is 1. The Bertz CT molecular complexity index is 674. The summed E-state index contributed by atoms with van der Waals surface area (Å²) in [6.07, 6.45) is 5.88. The Balaban J connectivity index is 2.68. The Morgan fingerprint density at radius 2 is 2.05 bits per heavy atom. The zero-order valence-corrected chi connectivity index (χ0v) is 12.8. The highest BCUT2D eigenvalue weighted by molar-refractivity contribution is 7.99. The van der Waals surface area contributed by atoms with Gasteiger partial charge in [-0.05, 0) is 36.8 Å². The van der Waals surface area contributed by atoms with Gasteiger partial charge in [0.25, 0.3) is 0 Å². The monoisotopic (exact) mass is 317 g/mol. The molecule has 0 atom stereocenters. The third-order valence-electron chi connectivity index (χ3n) is 3.13. The minimum Gasteiger partial charge on any atom is -0.224 e. The number of sulfone groups is 1. The number of thioether (sulfide) groups is 1. The molecule has 19 heavy (non-hydrogen) atoms. The van der Waals surface area contributed by atoms with E-state index in [-0.39, 0.29) is 4.90 Å². The standard InChI is InChI=1S/C12H12ClNO3S2/c1-18-11-9(13)5-8(6-10(11)19(2,16)17)12(3-4-12)14-7-15/h5-6H,3-4H2,1-2H3. The van der Waals surface area contributed by atoms with Crippen molar-refractivity contribution < 1.29 is 13.2 Å². The molecule has 1 aliphatic carbocycles. The third-order valence-corrected chi connectivity index (χ3v) is 5.64. The van der Waals surface area contributed by atoms with Gasteiger partial charge in [0.1, 0.15) is 0 Å². The highest BCUT2D eigenvalue weighted by Gasteiger charge is 2.45. The van der Waals surface area contributed by atoms with E-state index in [2.05, 4.69) is 4.99 Å². The molecular formula is C12H12ClNO3S2. The molecule has 0 spiro atoms. The van der Waals surface area contributed by atoms with Crippen LogP contribution in [0.4, 0.5) is 0 Å². The second-order valence-electron chi connectivity index (χ2n) is 4.50. The summed E-state index contributed by atoms with van der Waals surface area (Å²) in [7, 11) is -3.38. The summed E-state index contributed by atoms with van der Waals surface area (Å²) in [6.45, 7) is 0. The molecule has 0 N–H and O–H groups in total. The quantitative estimate of drug-likeness (QED) is 0.486. The summed E-state index contributed by atoms with van der Waals surface area (Å²) in [5.41, 5.74) is 0.0426. The van der Waals surface area contributed by atoms with Gasteiger partial charge in [-0.15, -0.1) is 11.8 Å². The molecule has 1 fully saturated rings. The van der Waals surface area contributed by atoms with Crippen molar-refractivity contribution in [3.05, 3.63) is 22.7 Å². The molecule has 0 heterocycles. The van der Waals surface area contributed by atoms with E-state index in [1.54, 1.807) is 24.5 Å². The molecule has 0 aliphatic heterocycles. The Labute approximate surface area is 121 Å². The van der Waals surface area contributed by atoms with Crippen LogP contribution in [-0.4, -0.2) is 27.0 Å². The van der Waals surface area contributed by atoms with Crippen LogP contribution < -0.4 is 0 Å².